The minimum Gasteiger partial charge on any atom is -0.490 e. The molecule has 0 spiro atoms. The SMILES string of the molecule is CN=C(NCc1ccc(C)cc1OC1CCCC1)NCc1nnc2n1CCCCC2. The molecule has 1 aliphatic carbocycles. The quantitative estimate of drug-likeness (QED) is 0.563. The molecule has 1 aliphatic heterocycles. The number of ether oxygens (including phenoxy) is 1. The third-order valence-electron chi connectivity index (χ3n) is 6.09. The van der Waals surface area contributed by atoms with E-state index < -0.39 is 0 Å². The van der Waals surface area contributed by atoms with E-state index in [-0.39, 0.29) is 0 Å². The van der Waals surface area contributed by atoms with Crippen LogP contribution in [0.3, 0.4) is 0 Å². The fraction of sp³-hybridized carbons (Fsp3) is 0.609. The molecule has 0 amide bonds. The van der Waals surface area contributed by atoms with Gasteiger partial charge in [-0.15, -0.1) is 10.2 Å². The Labute approximate surface area is 179 Å². The smallest absolute Gasteiger partial charge is 0.191 e. The molecule has 7 heteroatoms. The topological polar surface area (TPSA) is 76.4 Å². The van der Waals surface area contributed by atoms with E-state index in [9.17, 15) is 0 Å². The molecule has 162 valence electrons. The Balaban J connectivity index is 1.35. The number of hydrogen-bond acceptors (Lipinski definition) is 4. The molecule has 7 nitrogen and oxygen atoms in total. The van der Waals surface area contributed by atoms with Crippen molar-refractivity contribution in [3.8, 4) is 5.75 Å². The third-order valence-corrected chi connectivity index (χ3v) is 6.09. The number of benzene rings is 1. The van der Waals surface area contributed by atoms with Crippen LogP contribution in [-0.4, -0.2) is 33.9 Å². The second kappa shape index (κ2) is 9.96. The summed E-state index contributed by atoms with van der Waals surface area (Å²) < 4.78 is 8.59. The zero-order chi connectivity index (χ0) is 20.8. The van der Waals surface area contributed by atoms with E-state index in [0.717, 1.165) is 54.7 Å². The highest BCUT2D eigenvalue weighted by molar-refractivity contribution is 5.79. The van der Waals surface area contributed by atoms with Crippen LogP contribution >= 0.6 is 0 Å². The van der Waals surface area contributed by atoms with Crippen molar-refractivity contribution < 1.29 is 4.74 Å². The van der Waals surface area contributed by atoms with Crippen LogP contribution in [0.25, 0.3) is 0 Å². The predicted octanol–water partition coefficient (Wildman–Crippen LogP) is 3.50. The summed E-state index contributed by atoms with van der Waals surface area (Å²) in [6, 6.07) is 6.44. The second-order valence-corrected chi connectivity index (χ2v) is 8.41. The molecule has 1 aromatic carbocycles. The number of fused-ring (bicyclic) bond motifs is 1. The van der Waals surface area contributed by atoms with Gasteiger partial charge in [0.15, 0.2) is 11.8 Å². The van der Waals surface area contributed by atoms with Crippen LogP contribution in [0.4, 0.5) is 0 Å². The van der Waals surface area contributed by atoms with E-state index in [2.05, 4.69) is 55.5 Å². The number of aromatic nitrogens is 3. The Morgan fingerprint density at radius 3 is 2.77 bits per heavy atom. The van der Waals surface area contributed by atoms with Crippen molar-refractivity contribution in [3.05, 3.63) is 41.0 Å². The van der Waals surface area contributed by atoms with Gasteiger partial charge in [0.1, 0.15) is 11.6 Å². The molecule has 4 rings (SSSR count). The molecule has 0 bridgehead atoms. The minimum atomic E-state index is 0.353. The fourth-order valence-electron chi connectivity index (χ4n) is 4.34. The molecule has 0 radical (unpaired) electrons. The Morgan fingerprint density at radius 1 is 1.10 bits per heavy atom. The summed E-state index contributed by atoms with van der Waals surface area (Å²) in [5.41, 5.74) is 2.38. The first-order chi connectivity index (χ1) is 14.7. The predicted molar refractivity (Wildman–Crippen MR) is 119 cm³/mol. The molecular formula is C23H34N6O. The van der Waals surface area contributed by atoms with Crippen molar-refractivity contribution in [2.75, 3.05) is 7.05 Å². The molecule has 2 aliphatic rings. The maximum absolute atomic E-state index is 6.32. The number of aryl methyl sites for hydroxylation is 2. The molecule has 0 unspecified atom stereocenters. The number of guanidine groups is 1. The monoisotopic (exact) mass is 410 g/mol. The van der Waals surface area contributed by atoms with E-state index in [1.807, 2.05) is 0 Å². The van der Waals surface area contributed by atoms with E-state index in [0.29, 0.717) is 19.2 Å². The fourth-order valence-corrected chi connectivity index (χ4v) is 4.34. The first-order valence-electron chi connectivity index (χ1n) is 11.3. The lowest BCUT2D eigenvalue weighted by molar-refractivity contribution is 0.207. The molecule has 2 heterocycles. The van der Waals surface area contributed by atoms with Crippen molar-refractivity contribution in [2.45, 2.75) is 84.0 Å². The van der Waals surface area contributed by atoms with Gasteiger partial charge >= 0.3 is 0 Å². The molecule has 0 saturated heterocycles. The maximum atomic E-state index is 6.32. The number of rotatable bonds is 6. The number of aliphatic imine (C=N–C) groups is 1. The lowest BCUT2D eigenvalue weighted by Gasteiger charge is -2.18. The van der Waals surface area contributed by atoms with Gasteiger partial charge in [0, 0.05) is 32.1 Å². The average molecular weight is 411 g/mol. The van der Waals surface area contributed by atoms with Crippen LogP contribution in [0.2, 0.25) is 0 Å². The van der Waals surface area contributed by atoms with Gasteiger partial charge in [0.05, 0.1) is 12.6 Å². The first kappa shape index (κ1) is 20.7. The van der Waals surface area contributed by atoms with Gasteiger partial charge in [0.25, 0.3) is 0 Å². The molecule has 0 atom stereocenters. The van der Waals surface area contributed by atoms with Gasteiger partial charge in [-0.2, -0.15) is 0 Å². The molecule has 30 heavy (non-hydrogen) atoms. The van der Waals surface area contributed by atoms with Gasteiger partial charge < -0.3 is 19.9 Å². The van der Waals surface area contributed by atoms with Crippen molar-refractivity contribution in [1.82, 2.24) is 25.4 Å². The van der Waals surface area contributed by atoms with Crippen molar-refractivity contribution in [3.63, 3.8) is 0 Å². The Morgan fingerprint density at radius 2 is 1.93 bits per heavy atom. The lowest BCUT2D eigenvalue weighted by Crippen LogP contribution is -2.37. The van der Waals surface area contributed by atoms with Crippen LogP contribution in [0.5, 0.6) is 5.75 Å². The highest BCUT2D eigenvalue weighted by atomic mass is 16.5. The van der Waals surface area contributed by atoms with E-state index >= 15 is 0 Å². The van der Waals surface area contributed by atoms with Crippen LogP contribution < -0.4 is 15.4 Å². The first-order valence-corrected chi connectivity index (χ1v) is 11.3. The summed E-state index contributed by atoms with van der Waals surface area (Å²) in [6.45, 7) is 4.41. The molecule has 2 N–H and O–H groups in total. The lowest BCUT2D eigenvalue weighted by atomic mass is 10.1. The van der Waals surface area contributed by atoms with Crippen LogP contribution in [0, 0.1) is 6.92 Å². The normalized spacial score (nSPS) is 17.5. The van der Waals surface area contributed by atoms with Crippen LogP contribution in [-0.2, 0) is 26.1 Å². The third kappa shape index (κ3) is 5.12. The van der Waals surface area contributed by atoms with Crippen molar-refractivity contribution in [2.24, 2.45) is 4.99 Å². The summed E-state index contributed by atoms with van der Waals surface area (Å²) >= 11 is 0. The second-order valence-electron chi connectivity index (χ2n) is 8.41. The molecule has 2 aromatic rings. The Kier molecular flexibility index (Phi) is 6.87. The number of nitrogens with one attached hydrogen (secondary N) is 2. The number of nitrogens with zero attached hydrogens (tertiary/aromatic N) is 4. The van der Waals surface area contributed by atoms with E-state index in [4.69, 9.17) is 4.74 Å². The van der Waals surface area contributed by atoms with E-state index in [1.54, 1.807) is 7.05 Å². The van der Waals surface area contributed by atoms with E-state index in [1.165, 1.54) is 37.7 Å². The van der Waals surface area contributed by atoms with Crippen molar-refractivity contribution >= 4 is 5.96 Å². The summed E-state index contributed by atoms with van der Waals surface area (Å²) in [6.07, 6.45) is 9.91. The van der Waals surface area contributed by atoms with Gasteiger partial charge in [-0.25, -0.2) is 0 Å². The highest BCUT2D eigenvalue weighted by Gasteiger charge is 2.18. The minimum absolute atomic E-state index is 0.353. The standard InChI is InChI=1S/C23H34N6O/c1-17-11-12-18(20(14-17)30-19-8-5-6-9-19)15-25-23(24-2)26-16-22-28-27-21-10-4-3-7-13-29(21)22/h11-12,14,19H,3-10,13,15-16H2,1-2H3,(H2,24,25,26). The van der Waals surface area contributed by atoms with Gasteiger partial charge in [-0.3, -0.25) is 4.99 Å². The summed E-state index contributed by atoms with van der Waals surface area (Å²) in [5, 5.41) is 15.6. The summed E-state index contributed by atoms with van der Waals surface area (Å²) in [7, 11) is 1.80. The average Bonchev–Trinajstić information content (AvgIpc) is 3.33. The van der Waals surface area contributed by atoms with Crippen molar-refractivity contribution in [1.29, 1.82) is 0 Å². The maximum Gasteiger partial charge on any atom is 0.191 e. The van der Waals surface area contributed by atoms with Gasteiger partial charge in [-0.1, -0.05) is 18.6 Å². The van der Waals surface area contributed by atoms with Crippen LogP contribution in [0.1, 0.15) is 67.7 Å². The highest BCUT2D eigenvalue weighted by Crippen LogP contribution is 2.27. The largest absolute Gasteiger partial charge is 0.490 e. The molecule has 1 aromatic heterocycles. The molecular weight excluding hydrogens is 376 g/mol. The molecule has 1 fully saturated rings. The Hall–Kier alpha value is -2.57. The summed E-state index contributed by atoms with van der Waals surface area (Å²) in [4.78, 5) is 4.38. The summed E-state index contributed by atoms with van der Waals surface area (Å²) in [5.74, 6) is 3.84. The van der Waals surface area contributed by atoms with Gasteiger partial charge in [-0.05, 0) is 57.1 Å². The van der Waals surface area contributed by atoms with Crippen LogP contribution in [0.15, 0.2) is 23.2 Å². The van der Waals surface area contributed by atoms with Gasteiger partial charge in [0.2, 0.25) is 0 Å². The zero-order valence-electron chi connectivity index (χ0n) is 18.3. The number of hydrogen-bond donors (Lipinski definition) is 2. The molecule has 1 saturated carbocycles. The zero-order valence-corrected chi connectivity index (χ0v) is 18.3. The Bertz CT molecular complexity index is 869.